The molecule has 184 valence electrons. The van der Waals surface area contributed by atoms with E-state index in [0.29, 0.717) is 18.3 Å². The van der Waals surface area contributed by atoms with E-state index in [2.05, 4.69) is 52.2 Å². The number of nitrogens with one attached hydrogen (secondary N) is 1. The van der Waals surface area contributed by atoms with Crippen molar-refractivity contribution in [3.05, 3.63) is 59.0 Å². The summed E-state index contributed by atoms with van der Waals surface area (Å²) in [6, 6.07) is 12.0. The lowest BCUT2D eigenvalue weighted by atomic mass is 10.3. The van der Waals surface area contributed by atoms with Crippen molar-refractivity contribution in [2.45, 2.75) is 60.3 Å². The van der Waals surface area contributed by atoms with E-state index in [4.69, 9.17) is 9.72 Å². The second-order valence-electron chi connectivity index (χ2n) is 7.32. The van der Waals surface area contributed by atoms with Gasteiger partial charge in [-0.1, -0.05) is 40.7 Å². The Kier molecular flexibility index (Phi) is 12.6. The smallest absolute Gasteiger partial charge is 0.219 e. The first-order chi connectivity index (χ1) is 16.7. The van der Waals surface area contributed by atoms with Gasteiger partial charge in [0.2, 0.25) is 5.88 Å². The highest BCUT2D eigenvalue weighted by atomic mass is 32.1. The van der Waals surface area contributed by atoms with Crippen LogP contribution in [-0.4, -0.2) is 40.9 Å². The third kappa shape index (κ3) is 9.09. The van der Waals surface area contributed by atoms with Crippen LogP contribution in [0.1, 0.15) is 63.9 Å². The monoisotopic (exact) mass is 482 g/mol. The molecule has 3 heterocycles. The molecule has 0 fully saturated rings. The van der Waals surface area contributed by atoms with Gasteiger partial charge in [0, 0.05) is 42.3 Å². The Morgan fingerprint density at radius 3 is 2.50 bits per heavy atom. The van der Waals surface area contributed by atoms with Gasteiger partial charge in [-0.15, -0.1) is 11.3 Å². The number of aromatic nitrogens is 3. The van der Waals surface area contributed by atoms with Crippen LogP contribution in [0.4, 0.5) is 10.8 Å². The van der Waals surface area contributed by atoms with Crippen molar-refractivity contribution in [2.75, 3.05) is 30.0 Å². The van der Waals surface area contributed by atoms with Gasteiger partial charge in [0.05, 0.1) is 12.8 Å². The first-order valence-electron chi connectivity index (χ1n) is 12.3. The zero-order chi connectivity index (χ0) is 24.6. The average Bonchev–Trinajstić information content (AvgIpc) is 3.34. The minimum atomic E-state index is 0.499. The van der Waals surface area contributed by atoms with Gasteiger partial charge < -0.3 is 9.64 Å². The Morgan fingerprint density at radius 2 is 1.85 bits per heavy atom. The number of nitrogens with zero attached hydrogens (tertiary/aromatic N) is 5. The van der Waals surface area contributed by atoms with Gasteiger partial charge in [0.25, 0.3) is 0 Å². The van der Waals surface area contributed by atoms with E-state index in [1.165, 1.54) is 4.88 Å². The molecule has 0 saturated heterocycles. The number of hydrogen-bond donors (Lipinski definition) is 1. The van der Waals surface area contributed by atoms with Crippen LogP contribution in [0.3, 0.4) is 0 Å². The zero-order valence-electron chi connectivity index (χ0n) is 21.1. The number of hydrazone groups is 1. The molecule has 1 N–H and O–H groups in total. The zero-order valence-corrected chi connectivity index (χ0v) is 21.9. The number of pyridine rings is 1. The van der Waals surface area contributed by atoms with E-state index in [-0.39, 0.29) is 0 Å². The molecule has 0 saturated carbocycles. The number of rotatable bonds is 13. The predicted molar refractivity (Wildman–Crippen MR) is 145 cm³/mol. The van der Waals surface area contributed by atoms with Crippen molar-refractivity contribution in [3.63, 3.8) is 0 Å². The largest absolute Gasteiger partial charge is 0.477 e. The highest BCUT2D eigenvalue weighted by Crippen LogP contribution is 2.22. The molecule has 8 heteroatoms. The lowest BCUT2D eigenvalue weighted by Gasteiger charge is -2.23. The van der Waals surface area contributed by atoms with Crippen molar-refractivity contribution in [2.24, 2.45) is 5.10 Å². The van der Waals surface area contributed by atoms with Gasteiger partial charge in [0.15, 0.2) is 5.82 Å². The van der Waals surface area contributed by atoms with Crippen LogP contribution in [0.5, 0.6) is 5.88 Å². The predicted octanol–water partition coefficient (Wildman–Crippen LogP) is 6.22. The summed E-state index contributed by atoms with van der Waals surface area (Å²) in [5.41, 5.74) is 4.07. The van der Waals surface area contributed by atoms with Crippen LogP contribution >= 0.6 is 11.3 Å². The molecule has 0 atom stereocenters. The topological polar surface area (TPSA) is 75.5 Å². The summed E-state index contributed by atoms with van der Waals surface area (Å²) in [6.45, 7) is 12.9. The second-order valence-corrected chi connectivity index (χ2v) is 8.49. The molecule has 0 radical (unpaired) electrons. The summed E-state index contributed by atoms with van der Waals surface area (Å²) in [5, 5.41) is 5.35. The fourth-order valence-electron chi connectivity index (χ4n) is 3.19. The summed E-state index contributed by atoms with van der Waals surface area (Å²) in [5.74, 6) is 1.93. The lowest BCUT2D eigenvalue weighted by molar-refractivity contribution is 0.307. The molecule has 3 aromatic heterocycles. The molecule has 0 aliphatic carbocycles. The highest BCUT2D eigenvalue weighted by Gasteiger charge is 2.11. The van der Waals surface area contributed by atoms with Crippen LogP contribution in [0.2, 0.25) is 0 Å². The second kappa shape index (κ2) is 15.8. The van der Waals surface area contributed by atoms with Gasteiger partial charge in [0.1, 0.15) is 10.8 Å². The Balaban J connectivity index is 0.00000199. The van der Waals surface area contributed by atoms with E-state index < -0.39 is 0 Å². The third-order valence-electron chi connectivity index (χ3n) is 4.72. The molecule has 34 heavy (non-hydrogen) atoms. The van der Waals surface area contributed by atoms with Gasteiger partial charge in [-0.05, 0) is 43.5 Å². The number of anilines is 2. The molecule has 3 aromatic rings. The molecule has 0 spiro atoms. The molecule has 0 bridgehead atoms. The summed E-state index contributed by atoms with van der Waals surface area (Å²) in [6.07, 6.45) is 7.27. The van der Waals surface area contributed by atoms with E-state index in [1.54, 1.807) is 23.7 Å². The van der Waals surface area contributed by atoms with Crippen molar-refractivity contribution in [1.29, 1.82) is 0 Å². The van der Waals surface area contributed by atoms with E-state index >= 15 is 0 Å². The molecule has 0 aliphatic rings. The van der Waals surface area contributed by atoms with E-state index in [1.807, 2.05) is 44.2 Å². The van der Waals surface area contributed by atoms with Crippen molar-refractivity contribution in [3.8, 4) is 5.88 Å². The Morgan fingerprint density at radius 1 is 1.06 bits per heavy atom. The minimum absolute atomic E-state index is 0.499. The molecular weight excluding hydrogens is 444 g/mol. The fourth-order valence-corrected chi connectivity index (χ4v) is 3.99. The summed E-state index contributed by atoms with van der Waals surface area (Å²) >= 11 is 1.70. The highest BCUT2D eigenvalue weighted by molar-refractivity contribution is 7.16. The van der Waals surface area contributed by atoms with Gasteiger partial charge in [-0.3, -0.25) is 10.4 Å². The van der Waals surface area contributed by atoms with Gasteiger partial charge >= 0.3 is 0 Å². The molecule has 0 aliphatic heterocycles. The average molecular weight is 483 g/mol. The van der Waals surface area contributed by atoms with E-state index in [0.717, 1.165) is 55.3 Å². The van der Waals surface area contributed by atoms with Gasteiger partial charge in [-0.2, -0.15) is 10.1 Å². The molecule has 3 rings (SSSR count). The normalized spacial score (nSPS) is 10.6. The quantitative estimate of drug-likeness (QED) is 0.230. The van der Waals surface area contributed by atoms with Crippen LogP contribution in [-0.2, 0) is 12.8 Å². The van der Waals surface area contributed by atoms with Crippen molar-refractivity contribution < 1.29 is 4.74 Å². The first kappa shape index (κ1) is 27.2. The third-order valence-corrected chi connectivity index (χ3v) is 5.85. The van der Waals surface area contributed by atoms with Crippen LogP contribution < -0.4 is 15.1 Å². The number of thiophene rings is 1. The Hall–Kier alpha value is -3.00. The maximum absolute atomic E-state index is 5.98. The summed E-state index contributed by atoms with van der Waals surface area (Å²) in [7, 11) is 0. The van der Waals surface area contributed by atoms with Crippen molar-refractivity contribution in [1.82, 2.24) is 15.0 Å². The van der Waals surface area contributed by atoms with Crippen LogP contribution in [0.25, 0.3) is 0 Å². The molecule has 0 unspecified atom stereocenters. The Labute approximate surface area is 208 Å². The molecule has 7 nitrogen and oxygen atoms in total. The summed E-state index contributed by atoms with van der Waals surface area (Å²) < 4.78 is 5.98. The SMILES string of the molecule is CC.CCCN(CCC)c1cc(OCCc2ccccn2)nc(/C=N/Nc2ccc(CC)s2)n1. The molecular formula is C26H38N6OS. The lowest BCUT2D eigenvalue weighted by Crippen LogP contribution is -2.26. The Bertz CT molecular complexity index is 970. The van der Waals surface area contributed by atoms with Crippen LogP contribution in [0, 0.1) is 0 Å². The minimum Gasteiger partial charge on any atom is -0.477 e. The molecule has 0 amide bonds. The number of aryl methyl sites for hydroxylation is 1. The van der Waals surface area contributed by atoms with E-state index in [9.17, 15) is 0 Å². The first-order valence-corrected chi connectivity index (χ1v) is 13.1. The maximum atomic E-state index is 5.98. The fraction of sp³-hybridized carbons (Fsp3) is 0.462. The molecule has 0 aromatic carbocycles. The number of hydrogen-bond acceptors (Lipinski definition) is 8. The standard InChI is InChI=1S/C24H32N6OS.C2H6/c1-4-14-30(15-5-2)22-17-23(31-16-12-19-9-7-8-13-25-19)28-21(27-22)18-26-29-24-11-10-20(6-3)32-24;1-2/h7-11,13,17-18,29H,4-6,12,14-16H2,1-3H3;1-2H3/b26-18+;. The van der Waals surface area contributed by atoms with Crippen molar-refractivity contribution >= 4 is 28.4 Å². The van der Waals surface area contributed by atoms with Crippen LogP contribution in [0.15, 0.2) is 47.7 Å². The summed E-state index contributed by atoms with van der Waals surface area (Å²) in [4.78, 5) is 17.2. The van der Waals surface area contributed by atoms with Gasteiger partial charge in [-0.25, -0.2) is 4.98 Å². The maximum Gasteiger partial charge on any atom is 0.219 e. The number of ether oxygens (including phenoxy) is 1.